The Kier molecular flexibility index (Phi) is 5.86. The van der Waals surface area contributed by atoms with E-state index in [4.69, 9.17) is 10.5 Å². The number of hydrogen-bond acceptors (Lipinski definition) is 2. The maximum absolute atomic E-state index is 5.92. The van der Waals surface area contributed by atoms with Gasteiger partial charge in [-0.15, -0.1) is 0 Å². The number of aryl methyl sites for hydroxylation is 2. The van der Waals surface area contributed by atoms with Gasteiger partial charge in [0, 0.05) is 0 Å². The van der Waals surface area contributed by atoms with E-state index in [1.807, 2.05) is 0 Å². The maximum atomic E-state index is 5.92. The van der Waals surface area contributed by atoms with Crippen molar-refractivity contribution in [3.8, 4) is 5.75 Å². The average molecular weight is 263 g/mol. The molecule has 0 bridgehead atoms. The van der Waals surface area contributed by atoms with Gasteiger partial charge in [-0.3, -0.25) is 0 Å². The third-order valence-corrected chi connectivity index (χ3v) is 3.82. The first kappa shape index (κ1) is 16.0. The van der Waals surface area contributed by atoms with Crippen LogP contribution in [-0.2, 0) is 0 Å². The van der Waals surface area contributed by atoms with Gasteiger partial charge in [0.15, 0.2) is 0 Å². The van der Waals surface area contributed by atoms with Crippen LogP contribution in [0.15, 0.2) is 12.1 Å². The van der Waals surface area contributed by atoms with Crippen molar-refractivity contribution in [1.29, 1.82) is 0 Å². The van der Waals surface area contributed by atoms with Gasteiger partial charge in [0.25, 0.3) is 0 Å². The molecule has 0 saturated heterocycles. The van der Waals surface area contributed by atoms with E-state index in [0.717, 1.165) is 25.3 Å². The largest absolute Gasteiger partial charge is 0.493 e. The molecule has 108 valence electrons. The summed E-state index contributed by atoms with van der Waals surface area (Å²) < 4.78 is 5.92. The van der Waals surface area contributed by atoms with E-state index in [2.05, 4.69) is 46.8 Å². The van der Waals surface area contributed by atoms with Crippen molar-refractivity contribution in [2.45, 2.75) is 53.9 Å². The Hall–Kier alpha value is -1.02. The van der Waals surface area contributed by atoms with E-state index in [0.29, 0.717) is 0 Å². The van der Waals surface area contributed by atoms with E-state index in [1.165, 1.54) is 29.5 Å². The second-order valence-electron chi connectivity index (χ2n) is 6.38. The Morgan fingerprint density at radius 3 is 2.42 bits per heavy atom. The molecule has 0 aliphatic heterocycles. The standard InChI is InChI=1S/C17H29NO/c1-13-10-14(2)15(3)16(11-13)19-9-7-6-8-17(4,5)12-18/h10-11H,6-9,12,18H2,1-5H3. The van der Waals surface area contributed by atoms with Crippen molar-refractivity contribution < 1.29 is 4.74 Å². The minimum atomic E-state index is 0.260. The quantitative estimate of drug-likeness (QED) is 0.750. The third kappa shape index (κ3) is 5.23. The molecule has 2 heteroatoms. The predicted molar refractivity (Wildman–Crippen MR) is 82.8 cm³/mol. The zero-order valence-corrected chi connectivity index (χ0v) is 13.2. The first-order valence-corrected chi connectivity index (χ1v) is 7.26. The highest BCUT2D eigenvalue weighted by atomic mass is 16.5. The van der Waals surface area contributed by atoms with Gasteiger partial charge in [0.2, 0.25) is 0 Å². The molecule has 0 saturated carbocycles. The lowest BCUT2D eigenvalue weighted by Crippen LogP contribution is -2.23. The summed E-state index contributed by atoms with van der Waals surface area (Å²) in [6.07, 6.45) is 3.43. The minimum Gasteiger partial charge on any atom is -0.493 e. The Morgan fingerprint density at radius 1 is 1.11 bits per heavy atom. The molecule has 19 heavy (non-hydrogen) atoms. The van der Waals surface area contributed by atoms with Crippen LogP contribution in [0.5, 0.6) is 5.75 Å². The molecule has 0 atom stereocenters. The number of hydrogen-bond donors (Lipinski definition) is 1. The topological polar surface area (TPSA) is 35.2 Å². The van der Waals surface area contributed by atoms with Gasteiger partial charge < -0.3 is 10.5 Å². The monoisotopic (exact) mass is 263 g/mol. The summed E-state index contributed by atoms with van der Waals surface area (Å²) in [6, 6.07) is 4.33. The molecule has 0 fully saturated rings. The summed E-state index contributed by atoms with van der Waals surface area (Å²) in [7, 11) is 0. The highest BCUT2D eigenvalue weighted by Gasteiger charge is 2.14. The second-order valence-corrected chi connectivity index (χ2v) is 6.38. The van der Waals surface area contributed by atoms with Gasteiger partial charge in [0.1, 0.15) is 5.75 Å². The zero-order valence-electron chi connectivity index (χ0n) is 13.2. The molecular weight excluding hydrogens is 234 g/mol. The average Bonchev–Trinajstić information content (AvgIpc) is 2.34. The highest BCUT2D eigenvalue weighted by Crippen LogP contribution is 2.24. The normalized spacial score (nSPS) is 11.7. The fraction of sp³-hybridized carbons (Fsp3) is 0.647. The highest BCUT2D eigenvalue weighted by molar-refractivity contribution is 5.41. The van der Waals surface area contributed by atoms with Gasteiger partial charge in [0.05, 0.1) is 6.61 Å². The van der Waals surface area contributed by atoms with E-state index >= 15 is 0 Å². The molecule has 0 aromatic heterocycles. The molecule has 1 aromatic rings. The first-order chi connectivity index (χ1) is 8.85. The summed E-state index contributed by atoms with van der Waals surface area (Å²) in [5.41, 5.74) is 9.82. The Bertz CT molecular complexity index is 410. The molecule has 0 heterocycles. The van der Waals surface area contributed by atoms with Gasteiger partial charge in [-0.2, -0.15) is 0 Å². The van der Waals surface area contributed by atoms with E-state index in [-0.39, 0.29) is 5.41 Å². The minimum absolute atomic E-state index is 0.260. The van der Waals surface area contributed by atoms with Crippen LogP contribution in [0.1, 0.15) is 49.8 Å². The summed E-state index contributed by atoms with van der Waals surface area (Å²) in [4.78, 5) is 0. The zero-order chi connectivity index (χ0) is 14.5. The molecule has 0 amide bonds. The smallest absolute Gasteiger partial charge is 0.122 e. The lowest BCUT2D eigenvalue weighted by molar-refractivity contribution is 0.277. The van der Waals surface area contributed by atoms with E-state index in [1.54, 1.807) is 0 Å². The van der Waals surface area contributed by atoms with Crippen LogP contribution >= 0.6 is 0 Å². The van der Waals surface area contributed by atoms with Crippen molar-refractivity contribution >= 4 is 0 Å². The fourth-order valence-electron chi connectivity index (χ4n) is 2.14. The van der Waals surface area contributed by atoms with Crippen molar-refractivity contribution in [3.63, 3.8) is 0 Å². The summed E-state index contributed by atoms with van der Waals surface area (Å²) in [5.74, 6) is 1.04. The van der Waals surface area contributed by atoms with Crippen LogP contribution in [0, 0.1) is 26.2 Å². The van der Waals surface area contributed by atoms with Gasteiger partial charge in [-0.05, 0) is 74.8 Å². The van der Waals surface area contributed by atoms with Gasteiger partial charge in [-0.25, -0.2) is 0 Å². The number of benzene rings is 1. The number of unbranched alkanes of at least 4 members (excludes halogenated alkanes) is 1. The van der Waals surface area contributed by atoms with Crippen LogP contribution in [0.4, 0.5) is 0 Å². The SMILES string of the molecule is Cc1cc(C)c(C)c(OCCCCC(C)(C)CN)c1. The van der Waals surface area contributed by atoms with Crippen molar-refractivity contribution in [2.24, 2.45) is 11.1 Å². The molecule has 0 unspecified atom stereocenters. The van der Waals surface area contributed by atoms with E-state index < -0.39 is 0 Å². The van der Waals surface area contributed by atoms with Crippen molar-refractivity contribution in [2.75, 3.05) is 13.2 Å². The van der Waals surface area contributed by atoms with Gasteiger partial charge >= 0.3 is 0 Å². The Morgan fingerprint density at radius 2 is 1.79 bits per heavy atom. The third-order valence-electron chi connectivity index (χ3n) is 3.82. The molecule has 1 aromatic carbocycles. The lowest BCUT2D eigenvalue weighted by atomic mass is 9.87. The summed E-state index contributed by atoms with van der Waals surface area (Å²) >= 11 is 0. The summed E-state index contributed by atoms with van der Waals surface area (Å²) in [5, 5.41) is 0. The molecule has 0 aliphatic rings. The maximum Gasteiger partial charge on any atom is 0.122 e. The van der Waals surface area contributed by atoms with Crippen LogP contribution in [-0.4, -0.2) is 13.2 Å². The first-order valence-electron chi connectivity index (χ1n) is 7.26. The van der Waals surface area contributed by atoms with E-state index in [9.17, 15) is 0 Å². The molecule has 0 spiro atoms. The van der Waals surface area contributed by atoms with Crippen LogP contribution < -0.4 is 10.5 Å². The van der Waals surface area contributed by atoms with Crippen LogP contribution in [0.2, 0.25) is 0 Å². The molecule has 2 nitrogen and oxygen atoms in total. The van der Waals surface area contributed by atoms with Crippen molar-refractivity contribution in [1.82, 2.24) is 0 Å². The number of rotatable bonds is 7. The lowest BCUT2D eigenvalue weighted by Gasteiger charge is -2.22. The second kappa shape index (κ2) is 6.95. The Balaban J connectivity index is 2.38. The van der Waals surface area contributed by atoms with Crippen molar-refractivity contribution in [3.05, 3.63) is 28.8 Å². The molecule has 1 rings (SSSR count). The molecular formula is C17H29NO. The van der Waals surface area contributed by atoms with Crippen LogP contribution in [0.25, 0.3) is 0 Å². The number of nitrogens with two attached hydrogens (primary N) is 1. The fourth-order valence-corrected chi connectivity index (χ4v) is 2.14. The molecule has 0 aliphatic carbocycles. The summed E-state index contributed by atoms with van der Waals surface area (Å²) in [6.45, 7) is 12.4. The van der Waals surface area contributed by atoms with Gasteiger partial charge in [-0.1, -0.05) is 19.9 Å². The predicted octanol–water partition coefficient (Wildman–Crippen LogP) is 4.15. The molecule has 2 N–H and O–H groups in total. The number of ether oxygens (including phenoxy) is 1. The molecule has 0 radical (unpaired) electrons. The van der Waals surface area contributed by atoms with Crippen LogP contribution in [0.3, 0.4) is 0 Å². The Labute approximate surface area is 118 Å².